The second-order valence-electron chi connectivity index (χ2n) is 6.57. The minimum absolute atomic E-state index is 0. The topological polar surface area (TPSA) is 40.9 Å². The van der Waals surface area contributed by atoms with Crippen molar-refractivity contribution in [2.45, 2.75) is 13.8 Å². The largest absolute Gasteiger partial charge is 4.00 e. The molecule has 0 saturated carbocycles. The van der Waals surface area contributed by atoms with E-state index in [9.17, 15) is 4.79 Å². The monoisotopic (exact) mass is 473 g/mol. The first-order valence-electron chi connectivity index (χ1n) is 9.05. The zero-order valence-electron chi connectivity index (χ0n) is 19.4. The maximum absolute atomic E-state index is 10.3. The normalized spacial score (nSPS) is 8.44. The van der Waals surface area contributed by atoms with Gasteiger partial charge in [-0.25, -0.2) is 0 Å². The van der Waals surface area contributed by atoms with Crippen molar-refractivity contribution in [3.05, 3.63) is 135 Å². The van der Waals surface area contributed by atoms with Crippen molar-refractivity contribution in [3.63, 3.8) is 0 Å². The summed E-state index contributed by atoms with van der Waals surface area (Å²) in [6, 6.07) is 27.8. The molecule has 32 heavy (non-hydrogen) atoms. The van der Waals surface area contributed by atoms with Gasteiger partial charge in [0, 0.05) is 11.0 Å². The van der Waals surface area contributed by atoms with Crippen LogP contribution < -0.4 is 0 Å². The zero-order chi connectivity index (χ0) is 20.5. The Morgan fingerprint density at radius 1 is 0.719 bits per heavy atom. The van der Waals surface area contributed by atoms with Crippen molar-refractivity contribution in [2.75, 3.05) is 0 Å². The van der Waals surface area contributed by atoms with Crippen LogP contribution >= 0.6 is 0 Å². The summed E-state index contributed by atoms with van der Waals surface area (Å²) in [6.45, 7) is 11.2. The Kier molecular flexibility index (Phi) is 18.1. The number of nitrogens with one attached hydrogen (secondary N) is 1. The van der Waals surface area contributed by atoms with E-state index in [0.29, 0.717) is 5.56 Å². The number of amides is 1. The summed E-state index contributed by atoms with van der Waals surface area (Å²) in [6.07, 6.45) is 0. The van der Waals surface area contributed by atoms with Crippen LogP contribution in [-0.4, -0.2) is 16.9 Å². The summed E-state index contributed by atoms with van der Waals surface area (Å²) >= 11 is 0. The number of hydrogen-bond donors (Lipinski definition) is 0. The first-order valence-corrected chi connectivity index (χ1v) is 9.05. The molecule has 0 atom stereocenters. The van der Waals surface area contributed by atoms with Crippen LogP contribution in [0.1, 0.15) is 24.2 Å². The van der Waals surface area contributed by atoms with Crippen LogP contribution in [0.2, 0.25) is 0 Å². The molecule has 0 aliphatic heterocycles. The fourth-order valence-corrected chi connectivity index (χ4v) is 2.49. The number of carbonyl (C=O) groups excluding carboxylic acids is 1. The zero-order valence-corrected chi connectivity index (χ0v) is 22.0. The molecule has 4 radical (unpaired) electrons. The smallest absolute Gasteiger partial charge is 0.664 e. The van der Waals surface area contributed by atoms with E-state index in [1.165, 1.54) is 21.5 Å². The minimum atomic E-state index is -0.629. The van der Waals surface area contributed by atoms with Gasteiger partial charge in [0.15, 0.2) is 0 Å². The van der Waals surface area contributed by atoms with E-state index in [-0.39, 0.29) is 47.5 Å². The molecule has 4 aromatic rings. The summed E-state index contributed by atoms with van der Waals surface area (Å²) in [5.41, 5.74) is 9.25. The molecule has 4 rings (SSSR count). The van der Waals surface area contributed by atoms with Gasteiger partial charge in [0.2, 0.25) is 0 Å². The van der Waals surface area contributed by atoms with E-state index in [0.717, 1.165) is 11.1 Å². The summed E-state index contributed by atoms with van der Waals surface area (Å²) in [7, 11) is 0. The SMILES string of the molecule is C=C(C)C(=C)C.[CH3-].[CH3-].[NH-]C(=O)c1ccccc1.[Si].[Ti+4].c1ccc2c(c1)[cH-]c1ccccc12. The first kappa shape index (κ1) is 34.0. The van der Waals surface area contributed by atoms with Gasteiger partial charge in [-0.2, -0.15) is 0 Å². The van der Waals surface area contributed by atoms with Gasteiger partial charge in [-0.15, -0.1) is 39.7 Å². The second kappa shape index (κ2) is 17.0. The third kappa shape index (κ3) is 10.1. The van der Waals surface area contributed by atoms with Crippen LogP contribution in [0.3, 0.4) is 0 Å². The molecule has 0 fully saturated rings. The van der Waals surface area contributed by atoms with Crippen molar-refractivity contribution in [1.82, 2.24) is 0 Å². The maximum Gasteiger partial charge on any atom is 4.00 e. The molecule has 1 amide bonds. The van der Waals surface area contributed by atoms with Gasteiger partial charge in [-0.1, -0.05) is 91.0 Å². The Labute approximate surface area is 213 Å². The van der Waals surface area contributed by atoms with E-state index in [4.69, 9.17) is 5.73 Å². The van der Waals surface area contributed by atoms with Gasteiger partial charge in [0.25, 0.3) is 0 Å². The number of rotatable bonds is 2. The summed E-state index contributed by atoms with van der Waals surface area (Å²) in [5.74, 6) is -0.629. The average Bonchev–Trinajstić information content (AvgIpc) is 3.08. The van der Waals surface area contributed by atoms with Crippen molar-refractivity contribution in [3.8, 4) is 0 Å². The van der Waals surface area contributed by atoms with E-state index >= 15 is 0 Å². The third-order valence-corrected chi connectivity index (χ3v) is 4.29. The Morgan fingerprint density at radius 3 is 1.38 bits per heavy atom. The van der Waals surface area contributed by atoms with Gasteiger partial charge in [0.1, 0.15) is 0 Å². The van der Waals surface area contributed by atoms with E-state index in [1.807, 2.05) is 19.9 Å². The van der Waals surface area contributed by atoms with Gasteiger partial charge < -0.3 is 25.4 Å². The van der Waals surface area contributed by atoms with Crippen LogP contribution in [-0.2, 0) is 21.7 Å². The maximum atomic E-state index is 10.3. The standard InChI is InChI=1S/C13H9.C7H7NO.C6H10.2CH3.Si.Ti/c1-3-7-12-10(5-1)9-11-6-2-4-8-13(11)12;8-7(9)6-4-2-1-3-5-6;1-5(2)6(3)4;;;;/h1-9H;1-5H,(H2,8,9);1,3H2,2,4H3;2*1H3;;/q-1;;;2*-1;;+4/p-1. The number of carbonyl (C=O) groups is 1. The Morgan fingerprint density at radius 2 is 1.06 bits per heavy atom. The van der Waals surface area contributed by atoms with Gasteiger partial charge in [0.05, 0.1) is 5.91 Å². The average molecular weight is 474 g/mol. The van der Waals surface area contributed by atoms with Crippen LogP contribution in [0.15, 0.2) is 109 Å². The molecular formula is C28H31NOSiTi. The summed E-state index contributed by atoms with van der Waals surface area (Å²) in [5, 5.41) is 5.39. The third-order valence-electron chi connectivity index (χ3n) is 4.29. The van der Waals surface area contributed by atoms with E-state index < -0.39 is 5.91 Å². The van der Waals surface area contributed by atoms with Crippen LogP contribution in [0, 0.1) is 14.9 Å². The molecule has 0 aliphatic carbocycles. The first-order chi connectivity index (χ1) is 13.4. The molecule has 0 unspecified atom stereocenters. The quantitative estimate of drug-likeness (QED) is 0.164. The van der Waals surface area contributed by atoms with Crippen molar-refractivity contribution in [1.29, 1.82) is 0 Å². The Balaban J connectivity index is -0.000000398. The molecule has 0 bridgehead atoms. The van der Waals surface area contributed by atoms with Crippen LogP contribution in [0.4, 0.5) is 0 Å². The van der Waals surface area contributed by atoms with Crippen molar-refractivity contribution < 1.29 is 26.5 Å². The molecule has 0 saturated heterocycles. The van der Waals surface area contributed by atoms with Gasteiger partial charge in [-0.05, 0) is 19.4 Å². The summed E-state index contributed by atoms with van der Waals surface area (Å²) < 4.78 is 0. The molecule has 0 spiro atoms. The van der Waals surface area contributed by atoms with Crippen molar-refractivity contribution >= 4 is 38.4 Å². The molecule has 0 aliphatic rings. The molecule has 1 N–H and O–H groups in total. The molecule has 0 aromatic heterocycles. The molecule has 4 aromatic carbocycles. The number of benzene rings is 3. The number of allylic oxidation sites excluding steroid dienone is 2. The Bertz CT molecular complexity index is 1040. The molecule has 162 valence electrons. The molecular weight excluding hydrogens is 442 g/mol. The predicted molar refractivity (Wildman–Crippen MR) is 140 cm³/mol. The van der Waals surface area contributed by atoms with E-state index in [2.05, 4.69) is 67.8 Å². The molecule has 2 nitrogen and oxygen atoms in total. The second-order valence-corrected chi connectivity index (χ2v) is 6.57. The Hall–Kier alpha value is -2.59. The summed E-state index contributed by atoms with van der Waals surface area (Å²) in [4.78, 5) is 10.3. The number of fused-ring (bicyclic) bond motifs is 3. The molecule has 0 heterocycles. The van der Waals surface area contributed by atoms with Gasteiger partial charge in [-0.3, -0.25) is 0 Å². The number of hydrogen-bond acceptors (Lipinski definition) is 1. The molecule has 4 heteroatoms. The van der Waals surface area contributed by atoms with Crippen molar-refractivity contribution in [2.24, 2.45) is 0 Å². The minimum Gasteiger partial charge on any atom is -0.664 e. The van der Waals surface area contributed by atoms with Crippen LogP contribution in [0.25, 0.3) is 27.3 Å². The van der Waals surface area contributed by atoms with E-state index in [1.54, 1.807) is 24.3 Å². The predicted octanol–water partition coefficient (Wildman–Crippen LogP) is 8.25. The van der Waals surface area contributed by atoms with Gasteiger partial charge >= 0.3 is 21.7 Å². The fourth-order valence-electron chi connectivity index (χ4n) is 2.49. The fraction of sp³-hybridized carbons (Fsp3) is 0.0714. The van der Waals surface area contributed by atoms with Crippen LogP contribution in [0.5, 0.6) is 0 Å².